The van der Waals surface area contributed by atoms with Crippen LogP contribution in [0.5, 0.6) is 0 Å². The predicted molar refractivity (Wildman–Crippen MR) is 72.2 cm³/mol. The molecule has 0 aromatic rings. The zero-order chi connectivity index (χ0) is 12.4. The molecule has 0 aliphatic heterocycles. The van der Waals surface area contributed by atoms with Gasteiger partial charge >= 0.3 is 0 Å². The molecule has 1 atom stereocenters. The summed E-state index contributed by atoms with van der Waals surface area (Å²) >= 11 is 0. The molecule has 0 aliphatic carbocycles. The van der Waals surface area contributed by atoms with Crippen LogP contribution in [-0.2, 0) is 9.22 Å². The second-order valence-electron chi connectivity index (χ2n) is 4.23. The van der Waals surface area contributed by atoms with Crippen molar-refractivity contribution in [2.45, 2.75) is 64.3 Å². The number of rotatable bonds is 10. The van der Waals surface area contributed by atoms with Gasteiger partial charge in [-0.15, -0.1) is 6.58 Å². The molecular weight excluding hydrogens is 216 g/mol. The number of carbonyl (C=O) groups is 1. The Labute approximate surface area is 101 Å². The Bertz CT molecular complexity index is 192. The third-order valence-electron chi connectivity index (χ3n) is 3.41. The van der Waals surface area contributed by atoms with Gasteiger partial charge in [0.2, 0.25) is 0 Å². The third-order valence-corrected chi connectivity index (χ3v) is 8.08. The van der Waals surface area contributed by atoms with E-state index >= 15 is 0 Å². The van der Waals surface area contributed by atoms with Crippen LogP contribution in [0.2, 0.25) is 18.1 Å². The molecule has 16 heavy (non-hydrogen) atoms. The maximum atomic E-state index is 10.3. The molecule has 3 heteroatoms. The Morgan fingerprint density at radius 1 is 1.25 bits per heavy atom. The van der Waals surface area contributed by atoms with E-state index < -0.39 is 8.32 Å². The minimum atomic E-state index is -1.52. The Morgan fingerprint density at radius 2 is 1.81 bits per heavy atom. The number of aldehydes is 1. The Balaban J connectivity index is 4.25. The predicted octanol–water partition coefficient (Wildman–Crippen LogP) is 3.93. The SMILES string of the molecule is C=C[C@@H](CCCC=O)O[Si](CC)(CC)CC. The lowest BCUT2D eigenvalue weighted by molar-refractivity contribution is -0.108. The van der Waals surface area contributed by atoms with Crippen LogP contribution in [0.3, 0.4) is 0 Å². The molecule has 0 bridgehead atoms. The largest absolute Gasteiger partial charge is 0.411 e. The van der Waals surface area contributed by atoms with Gasteiger partial charge in [-0.2, -0.15) is 0 Å². The zero-order valence-electron chi connectivity index (χ0n) is 11.0. The molecular formula is C13H26O2Si. The zero-order valence-corrected chi connectivity index (χ0v) is 12.0. The van der Waals surface area contributed by atoms with Gasteiger partial charge < -0.3 is 9.22 Å². The fraction of sp³-hybridized carbons (Fsp3) is 0.769. The van der Waals surface area contributed by atoms with Crippen molar-refractivity contribution in [1.82, 2.24) is 0 Å². The Morgan fingerprint density at radius 3 is 2.19 bits per heavy atom. The third kappa shape index (κ3) is 5.08. The summed E-state index contributed by atoms with van der Waals surface area (Å²) in [6.45, 7) is 10.5. The van der Waals surface area contributed by atoms with Crippen molar-refractivity contribution in [3.8, 4) is 0 Å². The van der Waals surface area contributed by atoms with Crippen molar-refractivity contribution in [2.75, 3.05) is 0 Å². The normalized spacial score (nSPS) is 13.4. The summed E-state index contributed by atoms with van der Waals surface area (Å²) in [6.07, 6.45) is 5.48. The van der Waals surface area contributed by atoms with Crippen LogP contribution in [0.4, 0.5) is 0 Å². The summed E-state index contributed by atoms with van der Waals surface area (Å²) in [6, 6.07) is 3.49. The van der Waals surface area contributed by atoms with Crippen molar-refractivity contribution in [3.63, 3.8) is 0 Å². The standard InChI is InChI=1S/C13H26O2Si/c1-5-13(11-9-10-12-14)15-16(6-2,7-3)8-4/h5,12-13H,1,6-11H2,2-4H3/t13-/m0/s1. The van der Waals surface area contributed by atoms with E-state index in [2.05, 4.69) is 27.4 Å². The molecule has 0 aromatic carbocycles. The van der Waals surface area contributed by atoms with E-state index in [1.807, 2.05) is 6.08 Å². The van der Waals surface area contributed by atoms with E-state index in [0.717, 1.165) is 37.3 Å². The molecule has 0 rings (SSSR count). The van der Waals surface area contributed by atoms with Gasteiger partial charge in [0.25, 0.3) is 0 Å². The van der Waals surface area contributed by atoms with E-state index in [1.165, 1.54) is 0 Å². The highest BCUT2D eigenvalue weighted by Crippen LogP contribution is 2.25. The molecule has 0 aromatic heterocycles. The highest BCUT2D eigenvalue weighted by Gasteiger charge is 2.30. The van der Waals surface area contributed by atoms with Crippen LogP contribution < -0.4 is 0 Å². The molecule has 0 heterocycles. The molecule has 0 fully saturated rings. The van der Waals surface area contributed by atoms with Gasteiger partial charge in [0.15, 0.2) is 8.32 Å². The molecule has 0 amide bonds. The van der Waals surface area contributed by atoms with Gasteiger partial charge in [-0.3, -0.25) is 0 Å². The smallest absolute Gasteiger partial charge is 0.192 e. The number of hydrogen-bond acceptors (Lipinski definition) is 2. The van der Waals surface area contributed by atoms with Crippen LogP contribution in [0.1, 0.15) is 40.0 Å². The summed E-state index contributed by atoms with van der Waals surface area (Å²) in [7, 11) is -1.52. The van der Waals surface area contributed by atoms with Crippen LogP contribution >= 0.6 is 0 Å². The lowest BCUT2D eigenvalue weighted by Crippen LogP contribution is -2.39. The molecule has 0 radical (unpaired) electrons. The molecule has 94 valence electrons. The summed E-state index contributed by atoms with van der Waals surface area (Å²) in [5, 5.41) is 0. The highest BCUT2D eigenvalue weighted by molar-refractivity contribution is 6.73. The van der Waals surface area contributed by atoms with Crippen LogP contribution in [0, 0.1) is 0 Å². The summed E-state index contributed by atoms with van der Waals surface area (Å²) in [5.74, 6) is 0. The Hall–Kier alpha value is -0.413. The van der Waals surface area contributed by atoms with Crippen molar-refractivity contribution in [1.29, 1.82) is 0 Å². The van der Waals surface area contributed by atoms with Crippen molar-refractivity contribution < 1.29 is 9.22 Å². The van der Waals surface area contributed by atoms with Crippen molar-refractivity contribution in [3.05, 3.63) is 12.7 Å². The molecule has 0 spiro atoms. The summed E-state index contributed by atoms with van der Waals surface area (Å²) in [5.41, 5.74) is 0. The number of hydrogen-bond donors (Lipinski definition) is 0. The maximum absolute atomic E-state index is 10.3. The van der Waals surface area contributed by atoms with E-state index in [4.69, 9.17) is 4.43 Å². The van der Waals surface area contributed by atoms with Crippen LogP contribution in [0.25, 0.3) is 0 Å². The van der Waals surface area contributed by atoms with Gasteiger partial charge in [-0.05, 0) is 31.0 Å². The molecule has 0 aliphatic rings. The van der Waals surface area contributed by atoms with Gasteiger partial charge in [0, 0.05) is 6.42 Å². The van der Waals surface area contributed by atoms with Gasteiger partial charge in [-0.25, -0.2) is 0 Å². The molecule has 0 saturated heterocycles. The van der Waals surface area contributed by atoms with E-state index in [0.29, 0.717) is 6.42 Å². The molecule has 0 N–H and O–H groups in total. The molecule has 2 nitrogen and oxygen atoms in total. The van der Waals surface area contributed by atoms with Crippen LogP contribution in [-0.4, -0.2) is 20.7 Å². The van der Waals surface area contributed by atoms with Crippen molar-refractivity contribution in [2.24, 2.45) is 0 Å². The average Bonchev–Trinajstić information content (AvgIpc) is 2.34. The average molecular weight is 242 g/mol. The van der Waals surface area contributed by atoms with Crippen LogP contribution in [0.15, 0.2) is 12.7 Å². The first kappa shape index (κ1) is 15.6. The minimum Gasteiger partial charge on any atom is -0.411 e. The minimum absolute atomic E-state index is 0.145. The van der Waals surface area contributed by atoms with Gasteiger partial charge in [0.1, 0.15) is 6.29 Å². The molecule has 0 unspecified atom stereocenters. The first-order valence-electron chi connectivity index (χ1n) is 6.42. The number of carbonyl (C=O) groups excluding carboxylic acids is 1. The fourth-order valence-corrected chi connectivity index (χ4v) is 4.80. The second-order valence-corrected chi connectivity index (χ2v) is 8.96. The monoisotopic (exact) mass is 242 g/mol. The summed E-state index contributed by atoms with van der Waals surface area (Å²) < 4.78 is 6.29. The van der Waals surface area contributed by atoms with E-state index in [9.17, 15) is 4.79 Å². The topological polar surface area (TPSA) is 26.3 Å². The van der Waals surface area contributed by atoms with E-state index in [-0.39, 0.29) is 6.10 Å². The Kier molecular flexibility index (Phi) is 8.48. The van der Waals surface area contributed by atoms with Gasteiger partial charge in [0.05, 0.1) is 6.10 Å². The maximum Gasteiger partial charge on any atom is 0.192 e. The quantitative estimate of drug-likeness (QED) is 0.251. The summed E-state index contributed by atoms with van der Waals surface area (Å²) in [4.78, 5) is 10.3. The molecule has 0 saturated carbocycles. The fourth-order valence-electron chi connectivity index (χ4n) is 1.95. The second kappa shape index (κ2) is 8.71. The lowest BCUT2D eigenvalue weighted by atomic mass is 10.2. The highest BCUT2D eigenvalue weighted by atomic mass is 28.4. The van der Waals surface area contributed by atoms with Crippen molar-refractivity contribution >= 4 is 14.6 Å². The van der Waals surface area contributed by atoms with E-state index in [1.54, 1.807) is 0 Å². The van der Waals surface area contributed by atoms with Gasteiger partial charge in [-0.1, -0.05) is 26.8 Å². The number of unbranched alkanes of at least 4 members (excludes halogenated alkanes) is 1. The first-order valence-corrected chi connectivity index (χ1v) is 8.95. The first-order chi connectivity index (χ1) is 7.67. The lowest BCUT2D eigenvalue weighted by Gasteiger charge is -2.32.